The zero-order valence-corrected chi connectivity index (χ0v) is 13.3. The van der Waals surface area contributed by atoms with Crippen LogP contribution in [0.3, 0.4) is 0 Å². The smallest absolute Gasteiger partial charge is 0.326 e. The quantitative estimate of drug-likeness (QED) is 0.762. The van der Waals surface area contributed by atoms with Crippen LogP contribution in [0, 0.1) is 11.8 Å². The highest BCUT2D eigenvalue weighted by atomic mass is 32.2. The van der Waals surface area contributed by atoms with Crippen LogP contribution in [-0.4, -0.2) is 60.8 Å². The van der Waals surface area contributed by atoms with Gasteiger partial charge in [0.25, 0.3) is 0 Å². The molecule has 0 aliphatic carbocycles. The fraction of sp³-hybridized carbons (Fsp3) is 0.692. The van der Waals surface area contributed by atoms with Crippen molar-refractivity contribution in [3.05, 3.63) is 12.0 Å². The topological polar surface area (TPSA) is 95.0 Å². The molecule has 1 heterocycles. The molecule has 21 heavy (non-hydrogen) atoms. The van der Waals surface area contributed by atoms with Crippen molar-refractivity contribution >= 4 is 21.9 Å². The molecule has 1 aliphatic rings. The van der Waals surface area contributed by atoms with Gasteiger partial charge in [-0.25, -0.2) is 13.2 Å². The SMILES string of the molecule is C=CS(=O)(=O)N1CC[C@H](C(=O)N(C)C(C(=O)O)C(C)C)C1. The highest BCUT2D eigenvalue weighted by molar-refractivity contribution is 7.92. The fourth-order valence-electron chi connectivity index (χ4n) is 2.59. The van der Waals surface area contributed by atoms with Gasteiger partial charge in [-0.1, -0.05) is 20.4 Å². The summed E-state index contributed by atoms with van der Waals surface area (Å²) in [5.74, 6) is -2.14. The third-order valence-corrected chi connectivity index (χ3v) is 5.19. The first-order chi connectivity index (χ1) is 9.61. The summed E-state index contributed by atoms with van der Waals surface area (Å²) in [4.78, 5) is 24.8. The summed E-state index contributed by atoms with van der Waals surface area (Å²) in [6, 6.07) is -0.914. The van der Waals surface area contributed by atoms with Crippen LogP contribution in [0.1, 0.15) is 20.3 Å². The van der Waals surface area contributed by atoms with E-state index in [9.17, 15) is 23.1 Å². The average Bonchev–Trinajstić information content (AvgIpc) is 2.87. The maximum Gasteiger partial charge on any atom is 0.326 e. The Morgan fingerprint density at radius 1 is 1.43 bits per heavy atom. The number of carboxylic acids is 1. The molecule has 0 spiro atoms. The van der Waals surface area contributed by atoms with Gasteiger partial charge in [0.05, 0.1) is 5.92 Å². The summed E-state index contributed by atoms with van der Waals surface area (Å²) in [7, 11) is -2.08. The Morgan fingerprint density at radius 3 is 2.43 bits per heavy atom. The monoisotopic (exact) mass is 318 g/mol. The molecule has 8 heteroatoms. The van der Waals surface area contributed by atoms with Crippen LogP contribution >= 0.6 is 0 Å². The van der Waals surface area contributed by atoms with Gasteiger partial charge >= 0.3 is 5.97 Å². The molecule has 1 unspecified atom stereocenters. The fourth-order valence-corrected chi connectivity index (χ4v) is 3.55. The summed E-state index contributed by atoms with van der Waals surface area (Å²) in [6.07, 6.45) is 0.390. The molecule has 0 bridgehead atoms. The highest BCUT2D eigenvalue weighted by Gasteiger charge is 2.38. The molecule has 1 rings (SSSR count). The number of hydrogen-bond acceptors (Lipinski definition) is 4. The number of rotatable bonds is 6. The second-order valence-electron chi connectivity index (χ2n) is 5.53. The number of sulfonamides is 1. The predicted molar refractivity (Wildman–Crippen MR) is 77.8 cm³/mol. The molecule has 0 aromatic heterocycles. The summed E-state index contributed by atoms with van der Waals surface area (Å²) >= 11 is 0. The Morgan fingerprint density at radius 2 is 2.00 bits per heavy atom. The van der Waals surface area contributed by atoms with Crippen molar-refractivity contribution in [3.8, 4) is 0 Å². The zero-order chi connectivity index (χ0) is 16.4. The highest BCUT2D eigenvalue weighted by Crippen LogP contribution is 2.23. The maximum absolute atomic E-state index is 12.4. The van der Waals surface area contributed by atoms with Gasteiger partial charge in [0.1, 0.15) is 6.04 Å². The van der Waals surface area contributed by atoms with Crippen LogP contribution in [0.4, 0.5) is 0 Å². The summed E-state index contributed by atoms with van der Waals surface area (Å²) in [6.45, 7) is 7.03. The first-order valence-electron chi connectivity index (χ1n) is 6.74. The number of carbonyl (C=O) groups is 2. The third kappa shape index (κ3) is 3.82. The lowest BCUT2D eigenvalue weighted by molar-refractivity contribution is -0.152. The number of amides is 1. The van der Waals surface area contributed by atoms with Gasteiger partial charge in [-0.05, 0) is 12.3 Å². The van der Waals surface area contributed by atoms with Crippen molar-refractivity contribution in [3.63, 3.8) is 0 Å². The first kappa shape index (κ1) is 17.6. The van der Waals surface area contributed by atoms with E-state index in [1.807, 2.05) is 0 Å². The average molecular weight is 318 g/mol. The third-order valence-electron chi connectivity index (χ3n) is 3.72. The van der Waals surface area contributed by atoms with Crippen molar-refractivity contribution in [1.82, 2.24) is 9.21 Å². The molecule has 1 N–H and O–H groups in total. The Bertz CT molecular complexity index is 529. The minimum atomic E-state index is -3.53. The van der Waals surface area contributed by atoms with E-state index in [-0.39, 0.29) is 24.9 Å². The molecule has 7 nitrogen and oxygen atoms in total. The van der Waals surface area contributed by atoms with Crippen LogP contribution in [0.2, 0.25) is 0 Å². The Hall–Kier alpha value is -1.41. The molecule has 0 aromatic rings. The molecule has 0 aromatic carbocycles. The van der Waals surface area contributed by atoms with Crippen molar-refractivity contribution in [2.75, 3.05) is 20.1 Å². The number of carbonyl (C=O) groups excluding carboxylic acids is 1. The second kappa shape index (κ2) is 6.57. The van der Waals surface area contributed by atoms with E-state index in [1.165, 1.54) is 16.3 Å². The molecule has 0 saturated carbocycles. The van der Waals surface area contributed by atoms with Crippen molar-refractivity contribution in [2.24, 2.45) is 11.8 Å². The summed E-state index contributed by atoms with van der Waals surface area (Å²) in [5, 5.41) is 10.1. The molecule has 0 radical (unpaired) electrons. The van der Waals surface area contributed by atoms with Crippen LogP contribution in [0.15, 0.2) is 12.0 Å². The summed E-state index contributed by atoms with van der Waals surface area (Å²) < 4.78 is 24.6. The first-order valence-corrected chi connectivity index (χ1v) is 8.24. The van der Waals surface area contributed by atoms with Crippen molar-refractivity contribution < 1.29 is 23.1 Å². The Balaban J connectivity index is 2.82. The number of nitrogens with zero attached hydrogens (tertiary/aromatic N) is 2. The van der Waals surface area contributed by atoms with Crippen molar-refractivity contribution in [2.45, 2.75) is 26.3 Å². The lowest BCUT2D eigenvalue weighted by Gasteiger charge is -2.29. The molecular weight excluding hydrogens is 296 g/mol. The van der Waals surface area contributed by atoms with Gasteiger partial charge < -0.3 is 10.0 Å². The molecule has 1 saturated heterocycles. The van der Waals surface area contributed by atoms with Gasteiger partial charge in [-0.2, -0.15) is 4.31 Å². The maximum atomic E-state index is 12.4. The lowest BCUT2D eigenvalue weighted by atomic mass is 10.0. The second-order valence-corrected chi connectivity index (χ2v) is 7.41. The Labute approximate surface area is 125 Å². The lowest BCUT2D eigenvalue weighted by Crippen LogP contribution is -2.48. The van der Waals surface area contributed by atoms with E-state index < -0.39 is 28.0 Å². The van der Waals surface area contributed by atoms with Crippen LogP contribution in [0.25, 0.3) is 0 Å². The van der Waals surface area contributed by atoms with Gasteiger partial charge in [0.15, 0.2) is 0 Å². The minimum Gasteiger partial charge on any atom is -0.480 e. The number of aliphatic carboxylic acids is 1. The number of likely N-dealkylation sites (N-methyl/N-ethyl adjacent to an activating group) is 1. The predicted octanol–water partition coefficient (Wildman–Crippen LogP) is 0.349. The standard InChI is InChI=1S/C13H22N2O5S/c1-5-21(19,20)15-7-6-10(8-15)12(16)14(4)11(9(2)3)13(17)18/h5,9-11H,1,6-8H2,2-4H3,(H,17,18)/t10-,11?/m0/s1. The minimum absolute atomic E-state index is 0.0714. The van der Waals surface area contributed by atoms with Crippen LogP contribution in [-0.2, 0) is 19.6 Å². The molecular formula is C13H22N2O5S. The van der Waals surface area contributed by atoms with Gasteiger partial charge in [-0.15, -0.1) is 0 Å². The number of carboxylic acid groups (broad SMARTS) is 1. The normalized spacial score (nSPS) is 21.2. The van der Waals surface area contributed by atoms with Crippen LogP contribution < -0.4 is 0 Å². The molecule has 1 fully saturated rings. The van der Waals surface area contributed by atoms with Gasteiger partial charge in [0, 0.05) is 25.5 Å². The van der Waals surface area contributed by atoms with E-state index >= 15 is 0 Å². The van der Waals surface area contributed by atoms with E-state index in [1.54, 1.807) is 13.8 Å². The van der Waals surface area contributed by atoms with Crippen molar-refractivity contribution in [1.29, 1.82) is 0 Å². The van der Waals surface area contributed by atoms with Crippen LogP contribution in [0.5, 0.6) is 0 Å². The van der Waals surface area contributed by atoms with E-state index in [0.717, 1.165) is 5.41 Å². The van der Waals surface area contributed by atoms with E-state index in [0.29, 0.717) is 6.42 Å². The van der Waals surface area contributed by atoms with Gasteiger partial charge in [0.2, 0.25) is 15.9 Å². The summed E-state index contributed by atoms with van der Waals surface area (Å²) in [5.41, 5.74) is 0. The largest absolute Gasteiger partial charge is 0.480 e. The molecule has 1 aliphatic heterocycles. The van der Waals surface area contributed by atoms with E-state index in [2.05, 4.69) is 6.58 Å². The van der Waals surface area contributed by atoms with E-state index in [4.69, 9.17) is 0 Å². The van der Waals surface area contributed by atoms with Gasteiger partial charge in [-0.3, -0.25) is 4.79 Å². The molecule has 2 atom stereocenters. The zero-order valence-electron chi connectivity index (χ0n) is 12.5. The molecule has 1 amide bonds. The Kier molecular flexibility index (Phi) is 5.52. The molecule has 120 valence electrons. The number of hydrogen-bond donors (Lipinski definition) is 1.